The van der Waals surface area contributed by atoms with Crippen LogP contribution < -0.4 is 18.9 Å². The Labute approximate surface area is 197 Å². The molecule has 0 unspecified atom stereocenters. The molecular formula is C28H22O6. The first-order chi connectivity index (χ1) is 16.5. The van der Waals surface area contributed by atoms with Gasteiger partial charge in [0.2, 0.25) is 0 Å². The lowest BCUT2D eigenvalue weighted by molar-refractivity contribution is -0.128. The standard InChI is InChI=1S/C28H22O6/c1-4-27(29)33-23-10-12-24(13-11-23)34-28(30)22-8-7-18-15-19(5-6-20(18)16-22)21-9-14-25(31-2)26(17-21)32-3/h4-17H,1H2,2-3H3. The summed E-state index contributed by atoms with van der Waals surface area (Å²) < 4.78 is 21.2. The molecule has 0 aliphatic heterocycles. The third-order valence-corrected chi connectivity index (χ3v) is 5.21. The SMILES string of the molecule is C=CC(=O)Oc1ccc(OC(=O)c2ccc3cc(-c4ccc(OC)c(OC)c4)ccc3c2)cc1. The summed E-state index contributed by atoms with van der Waals surface area (Å²) in [4.78, 5) is 23.9. The monoisotopic (exact) mass is 454 g/mol. The number of hydrogen-bond acceptors (Lipinski definition) is 6. The van der Waals surface area contributed by atoms with Gasteiger partial charge in [0.25, 0.3) is 0 Å². The molecule has 0 spiro atoms. The zero-order valence-electron chi connectivity index (χ0n) is 18.7. The third-order valence-electron chi connectivity index (χ3n) is 5.21. The highest BCUT2D eigenvalue weighted by atomic mass is 16.5. The second kappa shape index (κ2) is 9.92. The van der Waals surface area contributed by atoms with E-state index in [9.17, 15) is 9.59 Å². The average Bonchev–Trinajstić information content (AvgIpc) is 2.88. The van der Waals surface area contributed by atoms with Crippen molar-refractivity contribution in [2.75, 3.05) is 14.2 Å². The fourth-order valence-corrected chi connectivity index (χ4v) is 3.47. The van der Waals surface area contributed by atoms with Gasteiger partial charge < -0.3 is 18.9 Å². The summed E-state index contributed by atoms with van der Waals surface area (Å²) in [5.41, 5.74) is 2.43. The number of rotatable bonds is 7. The van der Waals surface area contributed by atoms with Gasteiger partial charge in [0, 0.05) is 6.08 Å². The summed E-state index contributed by atoms with van der Waals surface area (Å²) in [5.74, 6) is 0.956. The molecular weight excluding hydrogens is 432 g/mol. The number of benzene rings is 4. The van der Waals surface area contributed by atoms with E-state index in [-0.39, 0.29) is 0 Å². The van der Waals surface area contributed by atoms with Gasteiger partial charge in [-0.1, -0.05) is 30.8 Å². The molecule has 6 heteroatoms. The molecule has 170 valence electrons. The molecule has 4 rings (SSSR count). The fraction of sp³-hybridized carbons (Fsp3) is 0.0714. The van der Waals surface area contributed by atoms with Crippen LogP contribution in [-0.4, -0.2) is 26.2 Å². The van der Waals surface area contributed by atoms with Crippen LogP contribution in [0.25, 0.3) is 21.9 Å². The Kier molecular flexibility index (Phi) is 6.59. The van der Waals surface area contributed by atoms with Crippen LogP contribution >= 0.6 is 0 Å². The lowest BCUT2D eigenvalue weighted by Gasteiger charge is -2.11. The molecule has 0 aliphatic carbocycles. The van der Waals surface area contributed by atoms with Gasteiger partial charge in [-0.25, -0.2) is 9.59 Å². The predicted octanol–water partition coefficient (Wildman–Crippen LogP) is 5.83. The largest absolute Gasteiger partial charge is 0.493 e. The Morgan fingerprint density at radius 2 is 1.26 bits per heavy atom. The molecule has 6 nitrogen and oxygen atoms in total. The van der Waals surface area contributed by atoms with Gasteiger partial charge in [-0.15, -0.1) is 0 Å². The van der Waals surface area contributed by atoms with Crippen LogP contribution in [0.1, 0.15) is 10.4 Å². The molecule has 0 N–H and O–H groups in total. The van der Waals surface area contributed by atoms with Crippen molar-refractivity contribution < 1.29 is 28.5 Å². The second-order valence-corrected chi connectivity index (χ2v) is 7.33. The number of esters is 2. The highest BCUT2D eigenvalue weighted by Gasteiger charge is 2.11. The van der Waals surface area contributed by atoms with E-state index in [0.717, 1.165) is 28.0 Å². The van der Waals surface area contributed by atoms with Crippen LogP contribution in [0.5, 0.6) is 23.0 Å². The van der Waals surface area contributed by atoms with E-state index in [1.807, 2.05) is 36.4 Å². The number of methoxy groups -OCH3 is 2. The molecule has 0 aromatic heterocycles. The first-order valence-electron chi connectivity index (χ1n) is 10.4. The Hall–Kier alpha value is -4.58. The summed E-state index contributed by atoms with van der Waals surface area (Å²) in [5, 5.41) is 1.89. The lowest BCUT2D eigenvalue weighted by Crippen LogP contribution is -2.08. The summed E-state index contributed by atoms with van der Waals surface area (Å²) in [6.07, 6.45) is 1.07. The van der Waals surface area contributed by atoms with Crippen molar-refractivity contribution in [3.05, 3.63) is 97.1 Å². The summed E-state index contributed by atoms with van der Waals surface area (Å²) in [7, 11) is 3.21. The first-order valence-corrected chi connectivity index (χ1v) is 10.4. The Balaban J connectivity index is 1.52. The maximum absolute atomic E-state index is 12.6. The second-order valence-electron chi connectivity index (χ2n) is 7.33. The van der Waals surface area contributed by atoms with E-state index < -0.39 is 11.9 Å². The minimum absolute atomic E-state index is 0.334. The predicted molar refractivity (Wildman–Crippen MR) is 130 cm³/mol. The van der Waals surface area contributed by atoms with Gasteiger partial charge in [-0.2, -0.15) is 0 Å². The van der Waals surface area contributed by atoms with Gasteiger partial charge in [-0.05, 0) is 76.5 Å². The summed E-state index contributed by atoms with van der Waals surface area (Å²) in [6.45, 7) is 3.35. The van der Waals surface area contributed by atoms with Crippen molar-refractivity contribution in [3.8, 4) is 34.1 Å². The zero-order valence-corrected chi connectivity index (χ0v) is 18.7. The Morgan fingerprint density at radius 3 is 1.94 bits per heavy atom. The lowest BCUT2D eigenvalue weighted by atomic mass is 9.99. The Morgan fingerprint density at radius 1 is 0.676 bits per heavy atom. The van der Waals surface area contributed by atoms with Crippen LogP contribution in [0, 0.1) is 0 Å². The molecule has 0 saturated heterocycles. The maximum atomic E-state index is 12.6. The molecule has 0 aliphatic rings. The highest BCUT2D eigenvalue weighted by Crippen LogP contribution is 2.33. The first kappa shape index (κ1) is 22.6. The van der Waals surface area contributed by atoms with Crippen LogP contribution in [0.15, 0.2) is 91.5 Å². The molecule has 4 aromatic rings. The van der Waals surface area contributed by atoms with E-state index >= 15 is 0 Å². The minimum Gasteiger partial charge on any atom is -0.493 e. The minimum atomic E-state index is -0.560. The highest BCUT2D eigenvalue weighted by molar-refractivity contribution is 5.97. The maximum Gasteiger partial charge on any atom is 0.343 e. The number of ether oxygens (including phenoxy) is 4. The van der Waals surface area contributed by atoms with Crippen molar-refractivity contribution in [1.82, 2.24) is 0 Å². The number of carbonyl (C=O) groups excluding carboxylic acids is 2. The van der Waals surface area contributed by atoms with Crippen molar-refractivity contribution in [2.45, 2.75) is 0 Å². The van der Waals surface area contributed by atoms with Crippen LogP contribution in [-0.2, 0) is 4.79 Å². The zero-order chi connectivity index (χ0) is 24.1. The molecule has 4 aromatic carbocycles. The van der Waals surface area contributed by atoms with Gasteiger partial charge in [0.05, 0.1) is 19.8 Å². The molecule has 34 heavy (non-hydrogen) atoms. The molecule has 0 bridgehead atoms. The van der Waals surface area contributed by atoms with Crippen molar-refractivity contribution in [2.24, 2.45) is 0 Å². The van der Waals surface area contributed by atoms with Gasteiger partial charge in [0.1, 0.15) is 11.5 Å². The topological polar surface area (TPSA) is 71.1 Å². The van der Waals surface area contributed by atoms with Crippen LogP contribution in [0.2, 0.25) is 0 Å². The van der Waals surface area contributed by atoms with E-state index in [2.05, 4.69) is 12.6 Å². The van der Waals surface area contributed by atoms with Gasteiger partial charge in [0.15, 0.2) is 11.5 Å². The third kappa shape index (κ3) is 4.91. The summed E-state index contributed by atoms with van der Waals surface area (Å²) >= 11 is 0. The average molecular weight is 454 g/mol. The van der Waals surface area contributed by atoms with E-state index in [4.69, 9.17) is 18.9 Å². The quantitative estimate of drug-likeness (QED) is 0.199. The molecule has 0 heterocycles. The molecule has 0 radical (unpaired) electrons. The van der Waals surface area contributed by atoms with Crippen molar-refractivity contribution in [1.29, 1.82) is 0 Å². The summed E-state index contributed by atoms with van der Waals surface area (Å²) in [6, 6.07) is 23.4. The van der Waals surface area contributed by atoms with Crippen molar-refractivity contribution in [3.63, 3.8) is 0 Å². The van der Waals surface area contributed by atoms with Gasteiger partial charge in [-0.3, -0.25) is 0 Å². The number of hydrogen-bond donors (Lipinski definition) is 0. The Bertz CT molecular complexity index is 1370. The molecule has 0 atom stereocenters. The molecule has 0 saturated carbocycles. The smallest absolute Gasteiger partial charge is 0.343 e. The molecule has 0 fully saturated rings. The van der Waals surface area contributed by atoms with Gasteiger partial charge >= 0.3 is 11.9 Å². The number of carbonyl (C=O) groups is 2. The number of fused-ring (bicyclic) bond motifs is 1. The van der Waals surface area contributed by atoms with E-state index in [0.29, 0.717) is 28.6 Å². The van der Waals surface area contributed by atoms with E-state index in [1.54, 1.807) is 50.6 Å². The normalized spacial score (nSPS) is 10.4. The van der Waals surface area contributed by atoms with Crippen molar-refractivity contribution >= 4 is 22.7 Å². The van der Waals surface area contributed by atoms with Crippen LogP contribution in [0.3, 0.4) is 0 Å². The van der Waals surface area contributed by atoms with Crippen LogP contribution in [0.4, 0.5) is 0 Å². The molecule has 0 amide bonds. The van der Waals surface area contributed by atoms with E-state index in [1.165, 1.54) is 0 Å². The fourth-order valence-electron chi connectivity index (χ4n) is 3.47.